The maximum absolute atomic E-state index is 13.8. The maximum Gasteiger partial charge on any atom is 0.431 e. The van der Waals surface area contributed by atoms with E-state index < -0.39 is 18.0 Å². The number of benzene rings is 1. The smallest absolute Gasteiger partial charge is 0.431 e. The molecule has 0 fully saturated rings. The first-order valence-corrected chi connectivity index (χ1v) is 9.30. The number of halogens is 3. The van der Waals surface area contributed by atoms with Crippen molar-refractivity contribution in [2.75, 3.05) is 6.54 Å². The third-order valence-electron chi connectivity index (χ3n) is 4.99. The van der Waals surface area contributed by atoms with Gasteiger partial charge in [-0.1, -0.05) is 12.1 Å². The second-order valence-corrected chi connectivity index (χ2v) is 6.93. The van der Waals surface area contributed by atoms with Crippen LogP contribution in [0.2, 0.25) is 0 Å². The van der Waals surface area contributed by atoms with Gasteiger partial charge in [-0.3, -0.25) is 9.36 Å². The molecular weight excluding hydrogens is 411 g/mol. The highest BCUT2D eigenvalue weighted by atomic mass is 19.4. The molecule has 3 aromatic heterocycles. The summed E-state index contributed by atoms with van der Waals surface area (Å²) in [6.45, 7) is 0.133. The number of amides is 1. The maximum atomic E-state index is 13.8. The molecule has 7 nitrogen and oxygen atoms in total. The van der Waals surface area contributed by atoms with Gasteiger partial charge in [0.1, 0.15) is 29.5 Å². The summed E-state index contributed by atoms with van der Waals surface area (Å²) in [5.74, 6) is -0.0850. The van der Waals surface area contributed by atoms with Gasteiger partial charge in [-0.2, -0.15) is 13.2 Å². The molecule has 0 saturated heterocycles. The highest BCUT2D eigenvalue weighted by Gasteiger charge is 2.36. The highest BCUT2D eigenvalue weighted by Crippen LogP contribution is 2.37. The van der Waals surface area contributed by atoms with Crippen molar-refractivity contribution in [3.05, 3.63) is 78.0 Å². The molecule has 156 valence electrons. The summed E-state index contributed by atoms with van der Waals surface area (Å²) >= 11 is 0. The molecular formula is C21H14F3N5O2. The summed E-state index contributed by atoms with van der Waals surface area (Å²) in [6, 6.07) is 10.7. The standard InChI is InChI=1S/C21H14F3N5O2/c22-21(23,24)17-8-13-7-12(4-5-15(13)29(17)18-3-1-2-6-26-18)16-10-27-19(30)14-9-25-11-28-20(14)31-16/h1-9,11,16H,10H2,(H,27,30). The molecule has 0 spiro atoms. The normalized spacial score (nSPS) is 16.4. The topological polar surface area (TPSA) is 81.9 Å². The van der Waals surface area contributed by atoms with Crippen molar-refractivity contribution < 1.29 is 22.7 Å². The zero-order valence-electron chi connectivity index (χ0n) is 15.8. The van der Waals surface area contributed by atoms with E-state index in [1.54, 1.807) is 30.3 Å². The summed E-state index contributed by atoms with van der Waals surface area (Å²) in [5, 5.41) is 3.10. The van der Waals surface area contributed by atoms with Gasteiger partial charge in [-0.05, 0) is 35.9 Å². The van der Waals surface area contributed by atoms with E-state index in [1.165, 1.54) is 24.8 Å². The Labute approximate surface area is 173 Å². The van der Waals surface area contributed by atoms with Crippen LogP contribution in [0.25, 0.3) is 16.7 Å². The minimum Gasteiger partial charge on any atom is -0.467 e. The fourth-order valence-electron chi connectivity index (χ4n) is 3.59. The molecule has 10 heteroatoms. The Kier molecular flexibility index (Phi) is 4.35. The van der Waals surface area contributed by atoms with Crippen molar-refractivity contribution in [1.82, 2.24) is 24.8 Å². The molecule has 31 heavy (non-hydrogen) atoms. The number of aromatic nitrogens is 4. The predicted octanol–water partition coefficient (Wildman–Crippen LogP) is 3.70. The molecule has 0 saturated carbocycles. The van der Waals surface area contributed by atoms with Crippen molar-refractivity contribution in [1.29, 1.82) is 0 Å². The van der Waals surface area contributed by atoms with Crippen molar-refractivity contribution in [2.45, 2.75) is 12.3 Å². The summed E-state index contributed by atoms with van der Waals surface area (Å²) in [5.41, 5.74) is 0.333. The Balaban J connectivity index is 1.61. The summed E-state index contributed by atoms with van der Waals surface area (Å²) in [6.07, 6.45) is -1.14. The Bertz CT molecular complexity index is 1290. The number of carbonyl (C=O) groups excluding carboxylic acids is 1. The van der Waals surface area contributed by atoms with Crippen LogP contribution in [0, 0.1) is 0 Å². The second kappa shape index (κ2) is 7.08. The number of pyridine rings is 1. The van der Waals surface area contributed by atoms with Crippen molar-refractivity contribution in [3.63, 3.8) is 0 Å². The highest BCUT2D eigenvalue weighted by molar-refractivity contribution is 5.96. The molecule has 0 radical (unpaired) electrons. The van der Waals surface area contributed by atoms with E-state index in [-0.39, 0.29) is 29.7 Å². The molecule has 1 unspecified atom stereocenters. The molecule has 1 aliphatic rings. The third-order valence-corrected chi connectivity index (χ3v) is 4.99. The van der Waals surface area contributed by atoms with Gasteiger partial charge < -0.3 is 10.1 Å². The lowest BCUT2D eigenvalue weighted by Crippen LogP contribution is -2.27. The second-order valence-electron chi connectivity index (χ2n) is 6.93. The largest absolute Gasteiger partial charge is 0.467 e. The number of nitrogens with zero attached hydrogens (tertiary/aromatic N) is 4. The van der Waals surface area contributed by atoms with Gasteiger partial charge in [0.15, 0.2) is 0 Å². The van der Waals surface area contributed by atoms with Crippen LogP contribution >= 0.6 is 0 Å². The van der Waals surface area contributed by atoms with Gasteiger partial charge in [0.25, 0.3) is 5.91 Å². The SMILES string of the molecule is O=C1NCC(c2ccc3c(c2)cc(C(F)(F)F)n3-c2ccccn2)Oc2ncncc21. The van der Waals surface area contributed by atoms with Crippen LogP contribution in [0.4, 0.5) is 13.2 Å². The van der Waals surface area contributed by atoms with E-state index in [1.807, 2.05) is 0 Å². The first kappa shape index (κ1) is 19.0. The van der Waals surface area contributed by atoms with Gasteiger partial charge in [0.2, 0.25) is 5.88 Å². The zero-order chi connectivity index (χ0) is 21.6. The van der Waals surface area contributed by atoms with E-state index in [0.29, 0.717) is 16.5 Å². The molecule has 1 aliphatic heterocycles. The van der Waals surface area contributed by atoms with Gasteiger partial charge >= 0.3 is 6.18 Å². The molecule has 4 heterocycles. The molecule has 5 rings (SSSR count). The van der Waals surface area contributed by atoms with Crippen LogP contribution in [0.15, 0.2) is 61.2 Å². The number of ether oxygens (including phenoxy) is 1. The average molecular weight is 425 g/mol. The van der Waals surface area contributed by atoms with Gasteiger partial charge in [0.05, 0.1) is 12.1 Å². The van der Waals surface area contributed by atoms with Crippen LogP contribution in [0.3, 0.4) is 0 Å². The number of alkyl halides is 3. The predicted molar refractivity (Wildman–Crippen MR) is 104 cm³/mol. The average Bonchev–Trinajstić information content (AvgIpc) is 3.08. The van der Waals surface area contributed by atoms with Crippen LogP contribution in [0.5, 0.6) is 5.88 Å². The molecule has 0 bridgehead atoms. The van der Waals surface area contributed by atoms with Gasteiger partial charge in [-0.15, -0.1) is 0 Å². The number of fused-ring (bicyclic) bond motifs is 2. The van der Waals surface area contributed by atoms with Gasteiger partial charge in [0, 0.05) is 17.8 Å². The molecule has 0 aliphatic carbocycles. The zero-order valence-corrected chi connectivity index (χ0v) is 15.8. The molecule has 1 atom stereocenters. The van der Waals surface area contributed by atoms with E-state index >= 15 is 0 Å². The van der Waals surface area contributed by atoms with Crippen molar-refractivity contribution in [2.24, 2.45) is 0 Å². The summed E-state index contributed by atoms with van der Waals surface area (Å²) in [4.78, 5) is 24.1. The van der Waals surface area contributed by atoms with Crippen LogP contribution < -0.4 is 10.1 Å². The fourth-order valence-corrected chi connectivity index (χ4v) is 3.59. The Hall–Kier alpha value is -3.95. The molecule has 1 aromatic carbocycles. The molecule has 4 aromatic rings. The lowest BCUT2D eigenvalue weighted by molar-refractivity contribution is -0.142. The van der Waals surface area contributed by atoms with E-state index in [2.05, 4.69) is 20.3 Å². The first-order valence-electron chi connectivity index (χ1n) is 9.30. The fraction of sp³-hybridized carbons (Fsp3) is 0.143. The summed E-state index contributed by atoms with van der Waals surface area (Å²) < 4.78 is 48.2. The van der Waals surface area contributed by atoms with Crippen molar-refractivity contribution in [3.8, 4) is 11.7 Å². The number of hydrogen-bond acceptors (Lipinski definition) is 5. The lowest BCUT2D eigenvalue weighted by atomic mass is 10.1. The Morgan fingerprint density at radius 3 is 2.77 bits per heavy atom. The van der Waals surface area contributed by atoms with E-state index in [0.717, 1.165) is 10.6 Å². The third kappa shape index (κ3) is 3.35. The van der Waals surface area contributed by atoms with Crippen LogP contribution in [-0.4, -0.2) is 32.0 Å². The number of nitrogens with one attached hydrogen (secondary N) is 1. The lowest BCUT2D eigenvalue weighted by Gasteiger charge is -2.17. The monoisotopic (exact) mass is 425 g/mol. The van der Waals surface area contributed by atoms with Crippen LogP contribution in [-0.2, 0) is 6.18 Å². The number of carbonyl (C=O) groups is 1. The quantitative estimate of drug-likeness (QED) is 0.530. The van der Waals surface area contributed by atoms with Crippen molar-refractivity contribution >= 4 is 16.8 Å². The van der Waals surface area contributed by atoms with E-state index in [9.17, 15) is 18.0 Å². The molecule has 1 N–H and O–H groups in total. The van der Waals surface area contributed by atoms with Gasteiger partial charge in [-0.25, -0.2) is 15.0 Å². The number of rotatable bonds is 2. The molecule has 1 amide bonds. The Morgan fingerprint density at radius 2 is 2.00 bits per heavy atom. The summed E-state index contributed by atoms with van der Waals surface area (Å²) in [7, 11) is 0. The minimum absolute atomic E-state index is 0.122. The Morgan fingerprint density at radius 1 is 1.13 bits per heavy atom. The minimum atomic E-state index is -4.57. The first-order chi connectivity index (χ1) is 14.9. The van der Waals surface area contributed by atoms with Crippen LogP contribution in [0.1, 0.15) is 27.7 Å². The van der Waals surface area contributed by atoms with E-state index in [4.69, 9.17) is 4.74 Å². The number of hydrogen-bond donors (Lipinski definition) is 1.